The smallest absolute Gasteiger partial charge is 0.123 e. The number of phenolic OH excluding ortho intramolecular Hbond substituents is 1. The van der Waals surface area contributed by atoms with Crippen LogP contribution in [0.15, 0.2) is 48.5 Å². The average Bonchev–Trinajstić information content (AvgIpc) is 2.30. The lowest BCUT2D eigenvalue weighted by atomic mass is 9.88. The average molecular weight is 232 g/mol. The van der Waals surface area contributed by atoms with E-state index in [1.807, 2.05) is 0 Å². The van der Waals surface area contributed by atoms with Gasteiger partial charge in [0.05, 0.1) is 0 Å². The molecular weight excluding hydrogens is 219 g/mol. The van der Waals surface area contributed by atoms with E-state index in [0.717, 1.165) is 0 Å². The van der Waals surface area contributed by atoms with Crippen molar-refractivity contribution in [2.75, 3.05) is 0 Å². The predicted molar refractivity (Wildman–Crippen MR) is 63.2 cm³/mol. The van der Waals surface area contributed by atoms with Crippen LogP contribution in [0.1, 0.15) is 18.1 Å². The van der Waals surface area contributed by atoms with Gasteiger partial charge in [-0.15, -0.1) is 0 Å². The SMILES string of the molecule is CC(O)(c1ccc(O)cc1)c1ccc(F)cc1. The quantitative estimate of drug-likeness (QED) is 0.835. The van der Waals surface area contributed by atoms with Gasteiger partial charge in [-0.05, 0) is 42.3 Å². The first-order valence-electron chi connectivity index (χ1n) is 5.28. The van der Waals surface area contributed by atoms with Gasteiger partial charge in [-0.3, -0.25) is 0 Å². The zero-order valence-corrected chi connectivity index (χ0v) is 9.39. The molecule has 2 aromatic carbocycles. The number of aromatic hydroxyl groups is 1. The minimum Gasteiger partial charge on any atom is -0.508 e. The highest BCUT2D eigenvalue weighted by atomic mass is 19.1. The van der Waals surface area contributed by atoms with Gasteiger partial charge in [0.1, 0.15) is 17.2 Å². The van der Waals surface area contributed by atoms with Gasteiger partial charge in [0.2, 0.25) is 0 Å². The third-order valence-corrected chi connectivity index (χ3v) is 2.84. The summed E-state index contributed by atoms with van der Waals surface area (Å²) in [7, 11) is 0. The van der Waals surface area contributed by atoms with Crippen LogP contribution < -0.4 is 0 Å². The van der Waals surface area contributed by atoms with Crippen LogP contribution in [0.3, 0.4) is 0 Å². The Bertz CT molecular complexity index is 453. The Hall–Kier alpha value is -1.87. The van der Waals surface area contributed by atoms with Crippen molar-refractivity contribution >= 4 is 0 Å². The molecule has 1 atom stereocenters. The standard InChI is InChI=1S/C14H13FO2/c1-14(17,10-2-6-12(15)7-3-10)11-4-8-13(16)9-5-11/h2-9,16-17H,1H3. The van der Waals surface area contributed by atoms with E-state index in [-0.39, 0.29) is 11.6 Å². The molecule has 0 aliphatic heterocycles. The van der Waals surface area contributed by atoms with E-state index in [4.69, 9.17) is 0 Å². The molecule has 17 heavy (non-hydrogen) atoms. The van der Waals surface area contributed by atoms with Crippen molar-refractivity contribution in [2.24, 2.45) is 0 Å². The fourth-order valence-corrected chi connectivity index (χ4v) is 1.73. The molecule has 0 bridgehead atoms. The van der Waals surface area contributed by atoms with Crippen molar-refractivity contribution in [1.29, 1.82) is 0 Å². The first-order chi connectivity index (χ1) is 8.00. The van der Waals surface area contributed by atoms with Crippen LogP contribution in [-0.2, 0) is 5.60 Å². The number of hydrogen-bond acceptors (Lipinski definition) is 2. The summed E-state index contributed by atoms with van der Waals surface area (Å²) < 4.78 is 12.8. The summed E-state index contributed by atoms with van der Waals surface area (Å²) in [6.07, 6.45) is 0. The number of hydrogen-bond donors (Lipinski definition) is 2. The van der Waals surface area contributed by atoms with Crippen LogP contribution in [0.25, 0.3) is 0 Å². The van der Waals surface area contributed by atoms with Crippen molar-refractivity contribution in [3.05, 3.63) is 65.5 Å². The summed E-state index contributed by atoms with van der Waals surface area (Å²) in [4.78, 5) is 0. The Kier molecular flexibility index (Phi) is 2.86. The molecule has 0 saturated carbocycles. The van der Waals surface area contributed by atoms with E-state index >= 15 is 0 Å². The monoisotopic (exact) mass is 232 g/mol. The summed E-state index contributed by atoms with van der Waals surface area (Å²) in [6, 6.07) is 12.0. The molecule has 0 saturated heterocycles. The maximum atomic E-state index is 12.8. The van der Waals surface area contributed by atoms with Crippen LogP contribution in [0, 0.1) is 5.82 Å². The van der Waals surface area contributed by atoms with E-state index < -0.39 is 5.60 Å². The molecule has 1 unspecified atom stereocenters. The highest BCUT2D eigenvalue weighted by molar-refractivity contribution is 5.37. The Labute approximate surface area is 99.0 Å². The lowest BCUT2D eigenvalue weighted by Crippen LogP contribution is -2.22. The van der Waals surface area contributed by atoms with Crippen LogP contribution in [-0.4, -0.2) is 10.2 Å². The summed E-state index contributed by atoms with van der Waals surface area (Å²) >= 11 is 0. The molecular formula is C14H13FO2. The van der Waals surface area contributed by atoms with Gasteiger partial charge in [0, 0.05) is 0 Å². The molecule has 2 aromatic rings. The molecule has 0 radical (unpaired) electrons. The van der Waals surface area contributed by atoms with Gasteiger partial charge in [0.15, 0.2) is 0 Å². The fraction of sp³-hybridized carbons (Fsp3) is 0.143. The van der Waals surface area contributed by atoms with Gasteiger partial charge in [-0.2, -0.15) is 0 Å². The van der Waals surface area contributed by atoms with E-state index in [1.165, 1.54) is 24.3 Å². The maximum Gasteiger partial charge on any atom is 0.123 e. The second-order valence-corrected chi connectivity index (χ2v) is 4.13. The molecule has 0 fully saturated rings. The van der Waals surface area contributed by atoms with Gasteiger partial charge in [-0.1, -0.05) is 24.3 Å². The second kappa shape index (κ2) is 4.18. The zero-order chi connectivity index (χ0) is 12.5. The Balaban J connectivity index is 2.41. The summed E-state index contributed by atoms with van der Waals surface area (Å²) in [6.45, 7) is 1.63. The normalized spacial score (nSPS) is 14.3. The summed E-state index contributed by atoms with van der Waals surface area (Å²) in [5.41, 5.74) is 0.0352. The first kappa shape index (κ1) is 11.6. The van der Waals surface area contributed by atoms with Crippen molar-refractivity contribution in [1.82, 2.24) is 0 Å². The van der Waals surface area contributed by atoms with Gasteiger partial charge < -0.3 is 10.2 Å². The van der Waals surface area contributed by atoms with Crippen LogP contribution >= 0.6 is 0 Å². The summed E-state index contributed by atoms with van der Waals surface area (Å²) in [5.74, 6) is -0.195. The second-order valence-electron chi connectivity index (χ2n) is 4.13. The van der Waals surface area contributed by atoms with Crippen molar-refractivity contribution < 1.29 is 14.6 Å². The minimum absolute atomic E-state index is 0.142. The topological polar surface area (TPSA) is 40.5 Å². The van der Waals surface area contributed by atoms with Crippen LogP contribution in [0.5, 0.6) is 5.75 Å². The molecule has 2 rings (SSSR count). The molecule has 2 N–H and O–H groups in total. The molecule has 0 heterocycles. The third-order valence-electron chi connectivity index (χ3n) is 2.84. The first-order valence-corrected chi connectivity index (χ1v) is 5.28. The molecule has 2 nitrogen and oxygen atoms in total. The van der Waals surface area contributed by atoms with E-state index in [1.54, 1.807) is 31.2 Å². The van der Waals surface area contributed by atoms with Gasteiger partial charge in [0.25, 0.3) is 0 Å². The van der Waals surface area contributed by atoms with Crippen LogP contribution in [0.2, 0.25) is 0 Å². The maximum absolute atomic E-state index is 12.8. The van der Waals surface area contributed by atoms with Gasteiger partial charge in [-0.25, -0.2) is 4.39 Å². The number of benzene rings is 2. The number of aliphatic hydroxyl groups is 1. The minimum atomic E-state index is -1.21. The lowest BCUT2D eigenvalue weighted by Gasteiger charge is -2.24. The Morgan fingerprint density at radius 3 is 1.76 bits per heavy atom. The van der Waals surface area contributed by atoms with E-state index in [2.05, 4.69) is 0 Å². The largest absolute Gasteiger partial charge is 0.508 e. The number of halogens is 1. The molecule has 0 aliphatic rings. The van der Waals surface area contributed by atoms with E-state index in [9.17, 15) is 14.6 Å². The van der Waals surface area contributed by atoms with E-state index in [0.29, 0.717) is 11.1 Å². The van der Waals surface area contributed by atoms with Crippen molar-refractivity contribution in [3.8, 4) is 5.75 Å². The Morgan fingerprint density at radius 2 is 1.29 bits per heavy atom. The zero-order valence-electron chi connectivity index (χ0n) is 9.39. The molecule has 0 amide bonds. The molecule has 88 valence electrons. The highest BCUT2D eigenvalue weighted by Crippen LogP contribution is 2.29. The molecule has 3 heteroatoms. The Morgan fingerprint density at radius 1 is 0.882 bits per heavy atom. The molecule has 0 aromatic heterocycles. The lowest BCUT2D eigenvalue weighted by molar-refractivity contribution is 0.102. The summed E-state index contributed by atoms with van der Waals surface area (Å²) in [5, 5.41) is 19.6. The van der Waals surface area contributed by atoms with Gasteiger partial charge >= 0.3 is 0 Å². The molecule has 0 aliphatic carbocycles. The molecule has 0 spiro atoms. The number of rotatable bonds is 2. The predicted octanol–water partition coefficient (Wildman–Crippen LogP) is 2.79. The number of phenols is 1. The van der Waals surface area contributed by atoms with Crippen molar-refractivity contribution in [2.45, 2.75) is 12.5 Å². The van der Waals surface area contributed by atoms with Crippen LogP contribution in [0.4, 0.5) is 4.39 Å². The third kappa shape index (κ3) is 2.29. The van der Waals surface area contributed by atoms with Crippen molar-refractivity contribution in [3.63, 3.8) is 0 Å². The highest BCUT2D eigenvalue weighted by Gasteiger charge is 2.25. The fourth-order valence-electron chi connectivity index (χ4n) is 1.73.